The van der Waals surface area contributed by atoms with Crippen LogP contribution in [0.3, 0.4) is 0 Å². The van der Waals surface area contributed by atoms with Crippen molar-refractivity contribution in [3.8, 4) is 11.5 Å². The Morgan fingerprint density at radius 2 is 1.92 bits per heavy atom. The van der Waals surface area contributed by atoms with Crippen LogP contribution in [-0.4, -0.2) is 23.9 Å². The molecule has 0 fully saturated rings. The maximum Gasteiger partial charge on any atom is 0.274 e. The molecule has 4 rings (SSSR count). The molecule has 1 amide bonds. The van der Waals surface area contributed by atoms with E-state index in [1.807, 2.05) is 47.8 Å². The van der Waals surface area contributed by atoms with Gasteiger partial charge in [-0.15, -0.1) is 11.3 Å². The number of nitrogens with zero attached hydrogens (tertiary/aromatic N) is 2. The maximum atomic E-state index is 13.0. The third-order valence-electron chi connectivity index (χ3n) is 3.90. The molecule has 1 aliphatic heterocycles. The Hall–Kier alpha value is -3.12. The smallest absolute Gasteiger partial charge is 0.274 e. The number of hydrogen-bond acceptors (Lipinski definition) is 5. The van der Waals surface area contributed by atoms with Gasteiger partial charge in [0.2, 0.25) is 6.79 Å². The number of carbonyl (C=O) groups excluding carboxylic acids is 1. The van der Waals surface area contributed by atoms with E-state index in [9.17, 15) is 4.79 Å². The van der Waals surface area contributed by atoms with Crippen LogP contribution >= 0.6 is 11.3 Å². The van der Waals surface area contributed by atoms with E-state index in [0.29, 0.717) is 23.6 Å². The Balaban J connectivity index is 1.61. The van der Waals surface area contributed by atoms with Crippen molar-refractivity contribution in [2.24, 2.45) is 5.10 Å². The Bertz CT molecular complexity index is 923. The number of amides is 1. The molecule has 0 saturated heterocycles. The van der Waals surface area contributed by atoms with Crippen LogP contribution in [0.1, 0.15) is 20.8 Å². The topological polar surface area (TPSA) is 51.1 Å². The van der Waals surface area contributed by atoms with Crippen molar-refractivity contribution in [2.45, 2.75) is 6.54 Å². The normalized spacial score (nSPS) is 12.5. The molecular formula is C20H16N2O3S. The lowest BCUT2D eigenvalue weighted by Crippen LogP contribution is -2.25. The molecule has 2 heterocycles. The molecular weight excluding hydrogens is 348 g/mol. The fourth-order valence-electron chi connectivity index (χ4n) is 2.59. The minimum atomic E-state index is -0.194. The van der Waals surface area contributed by atoms with Crippen LogP contribution in [0.5, 0.6) is 11.5 Å². The molecule has 0 bridgehead atoms. The van der Waals surface area contributed by atoms with E-state index >= 15 is 0 Å². The van der Waals surface area contributed by atoms with Crippen LogP contribution in [0.25, 0.3) is 0 Å². The van der Waals surface area contributed by atoms with Crippen molar-refractivity contribution in [3.63, 3.8) is 0 Å². The average Bonchev–Trinajstić information content (AvgIpc) is 3.36. The Morgan fingerprint density at radius 3 is 2.73 bits per heavy atom. The fraction of sp³-hybridized carbons (Fsp3) is 0.100. The van der Waals surface area contributed by atoms with Crippen molar-refractivity contribution in [1.82, 2.24) is 5.01 Å². The first-order valence-corrected chi connectivity index (χ1v) is 9.00. The quantitative estimate of drug-likeness (QED) is 0.505. The standard InChI is InChI=1S/C20H16N2O3S/c23-20(16-8-9-18-19(11-16)25-14-24-18)22(13-15-5-2-1-3-6-15)21-12-17-7-4-10-26-17/h1-12H,13-14H2/b21-12+. The molecule has 6 heteroatoms. The lowest BCUT2D eigenvalue weighted by atomic mass is 10.1. The highest BCUT2D eigenvalue weighted by Gasteiger charge is 2.20. The predicted octanol–water partition coefficient (Wildman–Crippen LogP) is 4.15. The summed E-state index contributed by atoms with van der Waals surface area (Å²) in [5.41, 5.74) is 1.51. The average molecular weight is 364 g/mol. The zero-order valence-corrected chi connectivity index (χ0v) is 14.7. The predicted molar refractivity (Wildman–Crippen MR) is 101 cm³/mol. The molecule has 3 aromatic rings. The number of rotatable bonds is 5. The number of carbonyl (C=O) groups is 1. The number of hydrogen-bond donors (Lipinski definition) is 0. The summed E-state index contributed by atoms with van der Waals surface area (Å²) in [5.74, 6) is 1.04. The lowest BCUT2D eigenvalue weighted by Gasteiger charge is -2.17. The second kappa shape index (κ2) is 7.41. The van der Waals surface area contributed by atoms with Gasteiger partial charge in [0.05, 0.1) is 12.8 Å². The molecule has 0 saturated carbocycles. The van der Waals surface area contributed by atoms with Gasteiger partial charge in [-0.25, -0.2) is 5.01 Å². The molecule has 0 radical (unpaired) electrons. The van der Waals surface area contributed by atoms with Gasteiger partial charge in [0, 0.05) is 10.4 Å². The first-order chi connectivity index (χ1) is 12.8. The molecule has 1 aliphatic rings. The maximum absolute atomic E-state index is 13.0. The van der Waals surface area contributed by atoms with Crippen molar-refractivity contribution >= 4 is 23.5 Å². The number of hydrazone groups is 1. The molecule has 26 heavy (non-hydrogen) atoms. The highest BCUT2D eigenvalue weighted by molar-refractivity contribution is 7.11. The second-order valence-electron chi connectivity index (χ2n) is 5.68. The summed E-state index contributed by atoms with van der Waals surface area (Å²) >= 11 is 1.57. The lowest BCUT2D eigenvalue weighted by molar-refractivity contribution is 0.0749. The summed E-state index contributed by atoms with van der Waals surface area (Å²) < 4.78 is 10.7. The van der Waals surface area contributed by atoms with E-state index < -0.39 is 0 Å². The van der Waals surface area contributed by atoms with E-state index in [4.69, 9.17) is 9.47 Å². The highest BCUT2D eigenvalue weighted by atomic mass is 32.1. The zero-order chi connectivity index (χ0) is 17.8. The van der Waals surface area contributed by atoms with Crippen LogP contribution < -0.4 is 9.47 Å². The van der Waals surface area contributed by atoms with Crippen LogP contribution in [0.15, 0.2) is 71.1 Å². The summed E-state index contributed by atoms with van der Waals surface area (Å²) in [6.45, 7) is 0.563. The molecule has 0 N–H and O–H groups in total. The number of fused-ring (bicyclic) bond motifs is 1. The molecule has 0 unspecified atom stereocenters. The SMILES string of the molecule is O=C(c1ccc2c(c1)OCO2)N(Cc1ccccc1)/N=C/c1cccs1. The third-order valence-corrected chi connectivity index (χ3v) is 4.70. The van der Waals surface area contributed by atoms with Gasteiger partial charge in [-0.3, -0.25) is 4.79 Å². The van der Waals surface area contributed by atoms with Crippen molar-refractivity contribution in [1.29, 1.82) is 0 Å². The fourth-order valence-corrected chi connectivity index (χ4v) is 3.17. The van der Waals surface area contributed by atoms with E-state index in [-0.39, 0.29) is 12.7 Å². The van der Waals surface area contributed by atoms with Gasteiger partial charge >= 0.3 is 0 Å². The van der Waals surface area contributed by atoms with Crippen LogP contribution in [0.2, 0.25) is 0 Å². The number of ether oxygens (including phenoxy) is 2. The Labute approximate surface area is 155 Å². The van der Waals surface area contributed by atoms with E-state index in [0.717, 1.165) is 10.4 Å². The van der Waals surface area contributed by atoms with Gasteiger partial charge in [0.1, 0.15) is 0 Å². The molecule has 0 aliphatic carbocycles. The van der Waals surface area contributed by atoms with E-state index in [1.165, 1.54) is 5.01 Å². The molecule has 130 valence electrons. The van der Waals surface area contributed by atoms with Gasteiger partial charge in [-0.2, -0.15) is 5.10 Å². The van der Waals surface area contributed by atoms with Gasteiger partial charge in [0.25, 0.3) is 5.91 Å². The van der Waals surface area contributed by atoms with Gasteiger partial charge in [-0.1, -0.05) is 36.4 Å². The van der Waals surface area contributed by atoms with Gasteiger partial charge in [0.15, 0.2) is 11.5 Å². The minimum Gasteiger partial charge on any atom is -0.454 e. The van der Waals surface area contributed by atoms with Crippen molar-refractivity contribution in [2.75, 3.05) is 6.79 Å². The van der Waals surface area contributed by atoms with E-state index in [1.54, 1.807) is 35.8 Å². The second-order valence-corrected chi connectivity index (χ2v) is 6.66. The summed E-state index contributed by atoms with van der Waals surface area (Å²) in [4.78, 5) is 14.0. The van der Waals surface area contributed by atoms with Crippen molar-refractivity contribution < 1.29 is 14.3 Å². The third kappa shape index (κ3) is 3.60. The Kier molecular flexibility index (Phi) is 4.66. The highest BCUT2D eigenvalue weighted by Crippen LogP contribution is 2.33. The molecule has 5 nitrogen and oxygen atoms in total. The molecule has 1 aromatic heterocycles. The number of thiophene rings is 1. The largest absolute Gasteiger partial charge is 0.454 e. The minimum absolute atomic E-state index is 0.178. The van der Waals surface area contributed by atoms with E-state index in [2.05, 4.69) is 5.10 Å². The summed E-state index contributed by atoms with van der Waals surface area (Å²) in [6, 6.07) is 18.9. The zero-order valence-electron chi connectivity index (χ0n) is 13.9. The summed E-state index contributed by atoms with van der Waals surface area (Å²) in [7, 11) is 0. The van der Waals surface area contributed by atoms with Gasteiger partial charge < -0.3 is 9.47 Å². The van der Waals surface area contributed by atoms with Crippen LogP contribution in [0, 0.1) is 0 Å². The first-order valence-electron chi connectivity index (χ1n) is 8.12. The molecule has 2 aromatic carbocycles. The van der Waals surface area contributed by atoms with Gasteiger partial charge in [-0.05, 0) is 35.2 Å². The summed E-state index contributed by atoms with van der Waals surface area (Å²) in [6.07, 6.45) is 1.71. The van der Waals surface area contributed by atoms with Crippen LogP contribution in [0.4, 0.5) is 0 Å². The molecule has 0 atom stereocenters. The van der Waals surface area contributed by atoms with Crippen molar-refractivity contribution in [3.05, 3.63) is 82.0 Å². The molecule has 0 spiro atoms. The first kappa shape index (κ1) is 16.4. The summed E-state index contributed by atoms with van der Waals surface area (Å²) in [5, 5.41) is 7.87. The monoisotopic (exact) mass is 364 g/mol. The Morgan fingerprint density at radius 1 is 1.08 bits per heavy atom. The number of benzene rings is 2. The van der Waals surface area contributed by atoms with Crippen LogP contribution in [-0.2, 0) is 6.54 Å².